The summed E-state index contributed by atoms with van der Waals surface area (Å²) in [6.45, 7) is 2.20. The highest BCUT2D eigenvalue weighted by Gasteiger charge is 2.18. The predicted octanol–water partition coefficient (Wildman–Crippen LogP) is 3.79. The normalized spacial score (nSPS) is 14.3. The molecule has 0 saturated heterocycles. The van der Waals surface area contributed by atoms with Crippen molar-refractivity contribution in [2.45, 2.75) is 51.6 Å². The summed E-state index contributed by atoms with van der Waals surface area (Å²) in [5.41, 5.74) is 3.64. The molecule has 1 saturated carbocycles. The first-order valence-corrected chi connectivity index (χ1v) is 10.7. The molecule has 0 bridgehead atoms. The number of hydrogen-bond donors (Lipinski definition) is 1. The number of carbonyl (C=O) groups is 2. The number of nitrogens with one attached hydrogen (secondary N) is 1. The highest BCUT2D eigenvalue weighted by Crippen LogP contribution is 2.26. The topological polar surface area (TPSA) is 65.5 Å². The largest absolute Gasteiger partial charge is 0.372 e. The quantitative estimate of drug-likeness (QED) is 0.790. The Morgan fingerprint density at radius 2 is 1.67 bits per heavy atom. The van der Waals surface area contributed by atoms with Crippen LogP contribution < -0.4 is 10.2 Å². The molecular weight excluding hydrogens is 376 g/mol. The van der Waals surface area contributed by atoms with Crippen molar-refractivity contribution in [3.63, 3.8) is 0 Å². The number of benzene rings is 1. The summed E-state index contributed by atoms with van der Waals surface area (Å²) in [6, 6.07) is 12.3. The Balaban J connectivity index is 1.58. The first-order chi connectivity index (χ1) is 14.4. The highest BCUT2D eigenvalue weighted by molar-refractivity contribution is 5.97. The number of rotatable bonds is 6. The number of anilines is 1. The third-order valence-electron chi connectivity index (χ3n) is 5.87. The van der Waals surface area contributed by atoms with Gasteiger partial charge < -0.3 is 15.1 Å². The van der Waals surface area contributed by atoms with E-state index in [9.17, 15) is 9.59 Å². The maximum Gasteiger partial charge on any atom is 0.271 e. The van der Waals surface area contributed by atoms with E-state index in [-0.39, 0.29) is 11.8 Å². The summed E-state index contributed by atoms with van der Waals surface area (Å²) in [5.74, 6) is -0.365. The average molecular weight is 409 g/mol. The van der Waals surface area contributed by atoms with Gasteiger partial charge in [0, 0.05) is 39.4 Å². The summed E-state index contributed by atoms with van der Waals surface area (Å²) >= 11 is 0. The van der Waals surface area contributed by atoms with Gasteiger partial charge in [-0.25, -0.2) is 4.98 Å². The molecule has 3 rings (SSSR count). The van der Waals surface area contributed by atoms with Crippen LogP contribution in [0.2, 0.25) is 0 Å². The van der Waals surface area contributed by atoms with Crippen molar-refractivity contribution in [2.24, 2.45) is 0 Å². The monoisotopic (exact) mass is 408 g/mol. The number of aryl methyl sites for hydroxylation is 1. The lowest BCUT2D eigenvalue weighted by Crippen LogP contribution is -2.33. The van der Waals surface area contributed by atoms with Crippen molar-refractivity contribution in [3.05, 3.63) is 58.9 Å². The van der Waals surface area contributed by atoms with Crippen LogP contribution >= 0.6 is 0 Å². The van der Waals surface area contributed by atoms with Crippen LogP contribution in [-0.2, 0) is 6.54 Å². The molecule has 1 fully saturated rings. The number of hydrogen-bond acceptors (Lipinski definition) is 4. The second-order valence-corrected chi connectivity index (χ2v) is 8.28. The van der Waals surface area contributed by atoms with Gasteiger partial charge in [0.15, 0.2) is 0 Å². The molecule has 1 aliphatic rings. The first kappa shape index (κ1) is 21.8. The fourth-order valence-electron chi connectivity index (χ4n) is 3.95. The van der Waals surface area contributed by atoms with E-state index in [1.165, 1.54) is 42.7 Å². The molecule has 1 heterocycles. The molecule has 1 aromatic carbocycles. The third-order valence-corrected chi connectivity index (χ3v) is 5.87. The van der Waals surface area contributed by atoms with E-state index in [1.807, 2.05) is 0 Å². The lowest BCUT2D eigenvalue weighted by molar-refractivity contribution is 0.0820. The molecule has 160 valence electrons. The van der Waals surface area contributed by atoms with E-state index in [0.717, 1.165) is 5.56 Å². The van der Waals surface area contributed by atoms with Crippen LogP contribution in [0.1, 0.15) is 64.2 Å². The number of pyridine rings is 1. The zero-order chi connectivity index (χ0) is 21.7. The van der Waals surface area contributed by atoms with Crippen molar-refractivity contribution in [3.8, 4) is 0 Å². The molecule has 1 aliphatic carbocycles. The first-order valence-electron chi connectivity index (χ1n) is 10.7. The van der Waals surface area contributed by atoms with Gasteiger partial charge in [0.05, 0.1) is 11.3 Å². The molecule has 0 unspecified atom stereocenters. The van der Waals surface area contributed by atoms with Gasteiger partial charge in [-0.2, -0.15) is 0 Å². The van der Waals surface area contributed by atoms with Gasteiger partial charge >= 0.3 is 0 Å². The van der Waals surface area contributed by atoms with E-state index in [4.69, 9.17) is 0 Å². The lowest BCUT2D eigenvalue weighted by atomic mass is 9.94. The van der Waals surface area contributed by atoms with Gasteiger partial charge in [-0.15, -0.1) is 0 Å². The maximum atomic E-state index is 12.6. The Morgan fingerprint density at radius 1 is 1.00 bits per heavy atom. The van der Waals surface area contributed by atoms with E-state index < -0.39 is 0 Å². The fourth-order valence-corrected chi connectivity index (χ4v) is 3.95. The van der Waals surface area contributed by atoms with Crippen LogP contribution in [0.25, 0.3) is 0 Å². The standard InChI is InChI=1S/C24H32N4O2/c1-17-21(14-15-22(26-17)24(30)27(2)3)23(29)25-16-18-10-12-20(13-11-18)28(4)19-8-6-5-7-9-19/h10-15,19H,5-9,16H2,1-4H3,(H,25,29). The molecule has 1 N–H and O–H groups in total. The fraction of sp³-hybridized carbons (Fsp3) is 0.458. The molecule has 30 heavy (non-hydrogen) atoms. The minimum atomic E-state index is -0.188. The highest BCUT2D eigenvalue weighted by atomic mass is 16.2. The molecule has 6 nitrogen and oxygen atoms in total. The zero-order valence-corrected chi connectivity index (χ0v) is 18.4. The van der Waals surface area contributed by atoms with Crippen molar-refractivity contribution < 1.29 is 9.59 Å². The molecule has 0 aliphatic heterocycles. The second-order valence-electron chi connectivity index (χ2n) is 8.28. The number of nitrogens with zero attached hydrogens (tertiary/aromatic N) is 3. The summed E-state index contributed by atoms with van der Waals surface area (Å²) in [6.07, 6.45) is 6.52. The average Bonchev–Trinajstić information content (AvgIpc) is 2.77. The second kappa shape index (κ2) is 9.74. The number of aromatic nitrogens is 1. The molecule has 1 aromatic heterocycles. The van der Waals surface area contributed by atoms with Gasteiger partial charge in [-0.1, -0.05) is 31.4 Å². The van der Waals surface area contributed by atoms with Gasteiger partial charge in [0.25, 0.3) is 11.8 Å². The Bertz CT molecular complexity index is 887. The van der Waals surface area contributed by atoms with E-state index in [0.29, 0.717) is 29.5 Å². The Morgan fingerprint density at radius 3 is 2.27 bits per heavy atom. The van der Waals surface area contributed by atoms with Crippen LogP contribution in [0.3, 0.4) is 0 Å². The van der Waals surface area contributed by atoms with Crippen molar-refractivity contribution in [2.75, 3.05) is 26.0 Å². The molecule has 0 radical (unpaired) electrons. The molecule has 2 aromatic rings. The smallest absolute Gasteiger partial charge is 0.271 e. The summed E-state index contributed by atoms with van der Waals surface area (Å²) in [5, 5.41) is 2.95. The Hall–Kier alpha value is -2.89. The van der Waals surface area contributed by atoms with Gasteiger partial charge in [-0.3, -0.25) is 9.59 Å². The molecule has 6 heteroatoms. The zero-order valence-electron chi connectivity index (χ0n) is 18.4. The number of amides is 2. The minimum absolute atomic E-state index is 0.177. The summed E-state index contributed by atoms with van der Waals surface area (Å²) in [7, 11) is 5.53. The third kappa shape index (κ3) is 5.17. The van der Waals surface area contributed by atoms with Crippen LogP contribution in [0, 0.1) is 6.92 Å². The lowest BCUT2D eigenvalue weighted by Gasteiger charge is -2.33. The van der Waals surface area contributed by atoms with Crippen LogP contribution in [-0.4, -0.2) is 48.9 Å². The molecule has 0 atom stereocenters. The van der Waals surface area contributed by atoms with Gasteiger partial charge in [0.1, 0.15) is 5.69 Å². The molecular formula is C24H32N4O2. The van der Waals surface area contributed by atoms with Crippen LogP contribution in [0.4, 0.5) is 5.69 Å². The SMILES string of the molecule is Cc1nc(C(=O)N(C)C)ccc1C(=O)NCc1ccc(N(C)C2CCCCC2)cc1. The minimum Gasteiger partial charge on any atom is -0.372 e. The van der Waals surface area contributed by atoms with Crippen molar-refractivity contribution >= 4 is 17.5 Å². The Labute approximate surface area is 179 Å². The Kier molecular flexibility index (Phi) is 7.08. The van der Waals surface area contributed by atoms with Gasteiger partial charge in [-0.05, 0) is 49.6 Å². The van der Waals surface area contributed by atoms with Crippen LogP contribution in [0.5, 0.6) is 0 Å². The maximum absolute atomic E-state index is 12.6. The molecule has 0 spiro atoms. The van der Waals surface area contributed by atoms with Crippen molar-refractivity contribution in [1.29, 1.82) is 0 Å². The van der Waals surface area contributed by atoms with E-state index in [1.54, 1.807) is 33.2 Å². The van der Waals surface area contributed by atoms with Crippen molar-refractivity contribution in [1.82, 2.24) is 15.2 Å². The van der Waals surface area contributed by atoms with Gasteiger partial charge in [0.2, 0.25) is 0 Å². The van der Waals surface area contributed by atoms with E-state index >= 15 is 0 Å². The van der Waals surface area contributed by atoms with Crippen LogP contribution in [0.15, 0.2) is 36.4 Å². The van der Waals surface area contributed by atoms with E-state index in [2.05, 4.69) is 46.5 Å². The summed E-state index contributed by atoms with van der Waals surface area (Å²) in [4.78, 5) is 32.7. The summed E-state index contributed by atoms with van der Waals surface area (Å²) < 4.78 is 0. The predicted molar refractivity (Wildman–Crippen MR) is 120 cm³/mol. The molecule has 2 amide bonds. The number of carbonyl (C=O) groups excluding carboxylic acids is 2.